The highest BCUT2D eigenvalue weighted by atomic mass is 15.4. The average Bonchev–Trinajstić information content (AvgIpc) is 3.20. The molecule has 0 unspecified atom stereocenters. The third-order valence-electron chi connectivity index (χ3n) is 4.91. The molecule has 9 nitrogen and oxygen atoms in total. The summed E-state index contributed by atoms with van der Waals surface area (Å²) in [7, 11) is 0. The molecule has 9 heteroatoms. The first-order chi connectivity index (χ1) is 13.8. The van der Waals surface area contributed by atoms with Gasteiger partial charge in [0.05, 0.1) is 17.4 Å². The number of nitrogens with zero attached hydrogens (tertiary/aromatic N) is 9. The number of piperazine rings is 1. The molecule has 0 N–H and O–H groups in total. The molecule has 4 aromatic heterocycles. The predicted octanol–water partition coefficient (Wildman–Crippen LogP) is 1.64. The zero-order valence-electron chi connectivity index (χ0n) is 15.5. The van der Waals surface area contributed by atoms with Crippen molar-refractivity contribution < 1.29 is 0 Å². The van der Waals surface area contributed by atoms with Crippen molar-refractivity contribution in [2.24, 2.45) is 0 Å². The molecule has 5 heterocycles. The molecule has 0 bridgehead atoms. The maximum Gasteiger partial charge on any atom is 0.175 e. The van der Waals surface area contributed by atoms with Gasteiger partial charge < -0.3 is 9.80 Å². The molecule has 1 aliphatic heterocycles. The Kier molecular flexibility index (Phi) is 4.04. The van der Waals surface area contributed by atoms with Gasteiger partial charge in [-0.15, -0.1) is 10.2 Å². The van der Waals surface area contributed by atoms with E-state index in [0.717, 1.165) is 60.2 Å². The quantitative estimate of drug-likeness (QED) is 0.535. The summed E-state index contributed by atoms with van der Waals surface area (Å²) in [4.78, 5) is 17.5. The SMILES string of the molecule is Cc1ccn(-c2ccc(N3CCN(c4ncnc5cnccc45)CC3)nn2)n1. The predicted molar refractivity (Wildman–Crippen MR) is 106 cm³/mol. The third-order valence-corrected chi connectivity index (χ3v) is 4.91. The Bertz CT molecular complexity index is 1090. The molecule has 140 valence electrons. The Morgan fingerprint density at radius 2 is 1.64 bits per heavy atom. The summed E-state index contributed by atoms with van der Waals surface area (Å²) in [5.41, 5.74) is 1.82. The summed E-state index contributed by atoms with van der Waals surface area (Å²) in [6.07, 6.45) is 7.05. The lowest BCUT2D eigenvalue weighted by atomic mass is 10.2. The van der Waals surface area contributed by atoms with E-state index in [-0.39, 0.29) is 0 Å². The van der Waals surface area contributed by atoms with Gasteiger partial charge in [-0.25, -0.2) is 14.6 Å². The van der Waals surface area contributed by atoms with E-state index >= 15 is 0 Å². The van der Waals surface area contributed by atoms with Crippen LogP contribution in [-0.2, 0) is 0 Å². The summed E-state index contributed by atoms with van der Waals surface area (Å²) in [6, 6.07) is 7.87. The largest absolute Gasteiger partial charge is 0.352 e. The number of pyridine rings is 1. The van der Waals surface area contributed by atoms with Gasteiger partial charge in [-0.05, 0) is 31.2 Å². The van der Waals surface area contributed by atoms with Gasteiger partial charge in [0.2, 0.25) is 0 Å². The normalized spacial score (nSPS) is 14.6. The van der Waals surface area contributed by atoms with Crippen molar-refractivity contribution in [1.82, 2.24) is 34.9 Å². The van der Waals surface area contributed by atoms with E-state index in [2.05, 4.69) is 40.0 Å². The van der Waals surface area contributed by atoms with Crippen molar-refractivity contribution in [3.05, 3.63) is 54.9 Å². The van der Waals surface area contributed by atoms with Crippen LogP contribution in [0.2, 0.25) is 0 Å². The van der Waals surface area contributed by atoms with E-state index in [1.807, 2.05) is 37.4 Å². The molecule has 0 spiro atoms. The second kappa shape index (κ2) is 6.84. The Morgan fingerprint density at radius 1 is 0.857 bits per heavy atom. The number of aromatic nitrogens is 7. The Balaban J connectivity index is 1.30. The van der Waals surface area contributed by atoms with Gasteiger partial charge in [0.25, 0.3) is 0 Å². The van der Waals surface area contributed by atoms with E-state index in [0.29, 0.717) is 0 Å². The number of anilines is 2. The molecule has 0 amide bonds. The Labute approximate surface area is 161 Å². The molecule has 0 radical (unpaired) electrons. The van der Waals surface area contributed by atoms with E-state index in [1.54, 1.807) is 23.4 Å². The van der Waals surface area contributed by atoms with Gasteiger partial charge in [0.1, 0.15) is 12.1 Å². The molecular formula is C19H19N9. The molecule has 0 atom stereocenters. The monoisotopic (exact) mass is 373 g/mol. The van der Waals surface area contributed by atoms with Crippen LogP contribution < -0.4 is 9.80 Å². The fourth-order valence-corrected chi connectivity index (χ4v) is 3.44. The van der Waals surface area contributed by atoms with Crippen LogP contribution in [0.15, 0.2) is 49.2 Å². The van der Waals surface area contributed by atoms with E-state index < -0.39 is 0 Å². The van der Waals surface area contributed by atoms with Crippen molar-refractivity contribution >= 4 is 22.5 Å². The molecule has 4 aromatic rings. The van der Waals surface area contributed by atoms with Crippen LogP contribution in [0.4, 0.5) is 11.6 Å². The van der Waals surface area contributed by atoms with E-state index in [4.69, 9.17) is 0 Å². The summed E-state index contributed by atoms with van der Waals surface area (Å²) >= 11 is 0. The van der Waals surface area contributed by atoms with Crippen molar-refractivity contribution in [3.63, 3.8) is 0 Å². The van der Waals surface area contributed by atoms with E-state index in [1.165, 1.54) is 0 Å². The number of fused-ring (bicyclic) bond motifs is 1. The van der Waals surface area contributed by atoms with Crippen LogP contribution in [-0.4, -0.2) is 61.1 Å². The lowest BCUT2D eigenvalue weighted by Gasteiger charge is -2.36. The highest BCUT2D eigenvalue weighted by Gasteiger charge is 2.21. The van der Waals surface area contributed by atoms with Gasteiger partial charge >= 0.3 is 0 Å². The summed E-state index contributed by atoms with van der Waals surface area (Å²) in [6.45, 7) is 5.37. The van der Waals surface area contributed by atoms with E-state index in [9.17, 15) is 0 Å². The molecule has 1 aliphatic rings. The van der Waals surface area contributed by atoms with Gasteiger partial charge in [0, 0.05) is 44.0 Å². The number of hydrogen-bond acceptors (Lipinski definition) is 8. The molecule has 0 aromatic carbocycles. The number of aryl methyl sites for hydroxylation is 1. The van der Waals surface area contributed by atoms with Crippen LogP contribution >= 0.6 is 0 Å². The molecule has 1 saturated heterocycles. The van der Waals surface area contributed by atoms with Crippen molar-refractivity contribution in [2.45, 2.75) is 6.92 Å². The lowest BCUT2D eigenvalue weighted by molar-refractivity contribution is 0.638. The van der Waals surface area contributed by atoms with Gasteiger partial charge in [0.15, 0.2) is 11.6 Å². The number of hydrogen-bond donors (Lipinski definition) is 0. The molecule has 0 saturated carbocycles. The smallest absolute Gasteiger partial charge is 0.175 e. The maximum absolute atomic E-state index is 4.51. The van der Waals surface area contributed by atoms with Crippen LogP contribution in [0.3, 0.4) is 0 Å². The highest BCUT2D eigenvalue weighted by Crippen LogP contribution is 2.24. The molecule has 1 fully saturated rings. The first-order valence-corrected chi connectivity index (χ1v) is 9.19. The van der Waals surface area contributed by atoms with Gasteiger partial charge in [-0.1, -0.05) is 0 Å². The molecule has 28 heavy (non-hydrogen) atoms. The second-order valence-corrected chi connectivity index (χ2v) is 6.72. The second-order valence-electron chi connectivity index (χ2n) is 6.72. The minimum absolute atomic E-state index is 0.719. The summed E-state index contributed by atoms with van der Waals surface area (Å²) in [5, 5.41) is 14.1. The fraction of sp³-hybridized carbons (Fsp3) is 0.263. The van der Waals surface area contributed by atoms with Crippen LogP contribution in [0, 0.1) is 6.92 Å². The third kappa shape index (κ3) is 3.00. The van der Waals surface area contributed by atoms with Gasteiger partial charge in [-0.3, -0.25) is 4.98 Å². The topological polar surface area (TPSA) is 88.8 Å². The maximum atomic E-state index is 4.51. The summed E-state index contributed by atoms with van der Waals surface area (Å²) in [5.74, 6) is 2.56. The average molecular weight is 373 g/mol. The van der Waals surface area contributed by atoms with Gasteiger partial charge in [-0.2, -0.15) is 5.10 Å². The van der Waals surface area contributed by atoms with Crippen LogP contribution in [0.1, 0.15) is 5.69 Å². The van der Waals surface area contributed by atoms with Crippen LogP contribution in [0.25, 0.3) is 16.7 Å². The first kappa shape index (κ1) is 16.5. The minimum atomic E-state index is 0.719. The van der Waals surface area contributed by atoms with Crippen molar-refractivity contribution in [2.75, 3.05) is 36.0 Å². The first-order valence-electron chi connectivity index (χ1n) is 9.19. The highest BCUT2D eigenvalue weighted by molar-refractivity contribution is 5.88. The zero-order chi connectivity index (χ0) is 18.9. The van der Waals surface area contributed by atoms with Crippen molar-refractivity contribution in [3.8, 4) is 5.82 Å². The van der Waals surface area contributed by atoms with Crippen molar-refractivity contribution in [1.29, 1.82) is 0 Å². The Hall–Kier alpha value is -3.62. The lowest BCUT2D eigenvalue weighted by Crippen LogP contribution is -2.47. The fourth-order valence-electron chi connectivity index (χ4n) is 3.44. The summed E-state index contributed by atoms with van der Waals surface area (Å²) < 4.78 is 1.74. The van der Waals surface area contributed by atoms with Crippen LogP contribution in [0.5, 0.6) is 0 Å². The Morgan fingerprint density at radius 3 is 2.39 bits per heavy atom. The number of rotatable bonds is 3. The molecule has 0 aliphatic carbocycles. The molecule has 5 rings (SSSR count). The zero-order valence-corrected chi connectivity index (χ0v) is 15.5. The standard InChI is InChI=1S/C19H19N9/c1-14-5-7-28(25-14)18-3-2-17(23-24-18)26-8-10-27(11-9-26)19-15-4-6-20-12-16(15)21-13-22-19/h2-7,12-13H,8-11H2,1H3. The molecular weight excluding hydrogens is 354 g/mol. The minimum Gasteiger partial charge on any atom is -0.352 e.